The largest absolute Gasteiger partial charge is 0.316 e. The summed E-state index contributed by atoms with van der Waals surface area (Å²) in [4.78, 5) is 0.353. The minimum atomic E-state index is -3.36. The standard InChI is InChI=1S/C11H18N2O2S.ClH/c1-3-12-8-9-13-16(14,15)11-7-5-4-6-10(11)2;/h4-7,12-13H,3,8-9H2,1-2H3;1H. The van der Waals surface area contributed by atoms with E-state index in [1.54, 1.807) is 25.1 Å². The highest BCUT2D eigenvalue weighted by atomic mass is 35.5. The van der Waals surface area contributed by atoms with Crippen molar-refractivity contribution in [1.82, 2.24) is 10.0 Å². The highest BCUT2D eigenvalue weighted by Gasteiger charge is 2.14. The summed E-state index contributed by atoms with van der Waals surface area (Å²) in [5.41, 5.74) is 0.762. The third-order valence-corrected chi connectivity index (χ3v) is 3.85. The van der Waals surface area contributed by atoms with E-state index in [2.05, 4.69) is 10.0 Å². The lowest BCUT2D eigenvalue weighted by Gasteiger charge is -2.08. The van der Waals surface area contributed by atoms with Crippen molar-refractivity contribution in [2.24, 2.45) is 0 Å². The maximum atomic E-state index is 11.9. The first-order valence-corrected chi connectivity index (χ1v) is 6.82. The summed E-state index contributed by atoms with van der Waals surface area (Å²) in [6.45, 7) is 5.66. The predicted molar refractivity (Wildman–Crippen MR) is 72.2 cm³/mol. The second kappa shape index (κ2) is 7.66. The van der Waals surface area contributed by atoms with E-state index in [0.29, 0.717) is 18.0 Å². The molecule has 0 saturated carbocycles. The Morgan fingerprint density at radius 3 is 2.41 bits per heavy atom. The number of rotatable bonds is 6. The van der Waals surface area contributed by atoms with Gasteiger partial charge in [-0.05, 0) is 25.1 Å². The number of sulfonamides is 1. The van der Waals surface area contributed by atoms with Crippen molar-refractivity contribution in [2.45, 2.75) is 18.7 Å². The Hall–Kier alpha value is -0.620. The van der Waals surface area contributed by atoms with Crippen LogP contribution in [0.4, 0.5) is 0 Å². The molecule has 0 aliphatic heterocycles. The monoisotopic (exact) mass is 278 g/mol. The Morgan fingerprint density at radius 1 is 1.18 bits per heavy atom. The summed E-state index contributed by atoms with van der Waals surface area (Å²) < 4.78 is 26.3. The number of benzene rings is 1. The zero-order valence-electron chi connectivity index (χ0n) is 10.1. The van der Waals surface area contributed by atoms with Crippen LogP contribution in [0.25, 0.3) is 0 Å². The van der Waals surface area contributed by atoms with Crippen molar-refractivity contribution in [3.63, 3.8) is 0 Å². The van der Waals surface area contributed by atoms with E-state index < -0.39 is 10.0 Å². The molecule has 0 bridgehead atoms. The molecule has 98 valence electrons. The molecule has 0 aliphatic rings. The molecule has 6 heteroatoms. The quantitative estimate of drug-likeness (QED) is 0.772. The molecule has 2 N–H and O–H groups in total. The van der Waals surface area contributed by atoms with E-state index in [1.807, 2.05) is 13.0 Å². The maximum absolute atomic E-state index is 11.9. The fourth-order valence-corrected chi connectivity index (χ4v) is 2.66. The average Bonchev–Trinajstić information content (AvgIpc) is 2.25. The van der Waals surface area contributed by atoms with Gasteiger partial charge in [0.25, 0.3) is 0 Å². The van der Waals surface area contributed by atoms with E-state index in [4.69, 9.17) is 0 Å². The Balaban J connectivity index is 0.00000256. The van der Waals surface area contributed by atoms with Gasteiger partial charge in [-0.25, -0.2) is 13.1 Å². The van der Waals surface area contributed by atoms with Crippen LogP contribution < -0.4 is 10.0 Å². The molecule has 17 heavy (non-hydrogen) atoms. The van der Waals surface area contributed by atoms with Crippen molar-refractivity contribution in [3.05, 3.63) is 29.8 Å². The summed E-state index contributed by atoms with van der Waals surface area (Å²) in [7, 11) is -3.36. The molecule has 0 fully saturated rings. The number of aryl methyl sites for hydroxylation is 1. The van der Waals surface area contributed by atoms with Gasteiger partial charge in [0.15, 0.2) is 0 Å². The number of likely N-dealkylation sites (N-methyl/N-ethyl adjacent to an activating group) is 1. The molecule has 0 atom stereocenters. The lowest BCUT2D eigenvalue weighted by Crippen LogP contribution is -2.32. The van der Waals surface area contributed by atoms with Crippen LogP contribution in [0, 0.1) is 6.92 Å². The number of halogens is 1. The van der Waals surface area contributed by atoms with Gasteiger partial charge in [-0.15, -0.1) is 12.4 Å². The summed E-state index contributed by atoms with van der Waals surface area (Å²) in [5.74, 6) is 0. The van der Waals surface area contributed by atoms with Crippen LogP contribution in [0.3, 0.4) is 0 Å². The third kappa shape index (κ3) is 5.04. The van der Waals surface area contributed by atoms with Crippen LogP contribution in [0.5, 0.6) is 0 Å². The second-order valence-electron chi connectivity index (χ2n) is 3.52. The molecule has 0 amide bonds. The highest BCUT2D eigenvalue weighted by molar-refractivity contribution is 7.89. The lowest BCUT2D eigenvalue weighted by molar-refractivity contribution is 0.577. The van der Waals surface area contributed by atoms with Crippen molar-refractivity contribution < 1.29 is 8.42 Å². The average molecular weight is 279 g/mol. The lowest BCUT2D eigenvalue weighted by atomic mass is 10.2. The second-order valence-corrected chi connectivity index (χ2v) is 5.25. The zero-order valence-corrected chi connectivity index (χ0v) is 11.7. The van der Waals surface area contributed by atoms with Crippen LogP contribution in [-0.2, 0) is 10.0 Å². The van der Waals surface area contributed by atoms with Crippen molar-refractivity contribution in [1.29, 1.82) is 0 Å². The summed E-state index contributed by atoms with van der Waals surface area (Å²) in [6.07, 6.45) is 0. The predicted octanol–water partition coefficient (Wildman–Crippen LogP) is 1.30. The molecule has 0 saturated heterocycles. The van der Waals surface area contributed by atoms with Gasteiger partial charge in [0, 0.05) is 13.1 Å². The van der Waals surface area contributed by atoms with Crippen LogP contribution in [0.15, 0.2) is 29.2 Å². The first-order chi connectivity index (χ1) is 7.58. The molecular weight excluding hydrogens is 260 g/mol. The van der Waals surface area contributed by atoms with E-state index in [-0.39, 0.29) is 12.4 Å². The molecule has 0 heterocycles. The fourth-order valence-electron chi connectivity index (χ4n) is 1.39. The molecule has 0 aliphatic carbocycles. The van der Waals surface area contributed by atoms with E-state index in [0.717, 1.165) is 12.1 Å². The van der Waals surface area contributed by atoms with Gasteiger partial charge in [0.1, 0.15) is 0 Å². The maximum Gasteiger partial charge on any atom is 0.240 e. The van der Waals surface area contributed by atoms with Gasteiger partial charge in [0.2, 0.25) is 10.0 Å². The fraction of sp³-hybridized carbons (Fsp3) is 0.455. The van der Waals surface area contributed by atoms with Crippen LogP contribution in [0.1, 0.15) is 12.5 Å². The van der Waals surface area contributed by atoms with E-state index >= 15 is 0 Å². The Bertz CT molecular complexity index is 435. The molecule has 0 spiro atoms. The topological polar surface area (TPSA) is 58.2 Å². The van der Waals surface area contributed by atoms with Crippen LogP contribution >= 0.6 is 12.4 Å². The molecule has 1 aromatic carbocycles. The van der Waals surface area contributed by atoms with Gasteiger partial charge in [-0.3, -0.25) is 0 Å². The van der Waals surface area contributed by atoms with E-state index in [9.17, 15) is 8.42 Å². The normalized spacial score (nSPS) is 10.9. The third-order valence-electron chi connectivity index (χ3n) is 2.23. The highest BCUT2D eigenvalue weighted by Crippen LogP contribution is 2.13. The summed E-state index contributed by atoms with van der Waals surface area (Å²) in [6, 6.07) is 6.96. The minimum absolute atomic E-state index is 0. The van der Waals surface area contributed by atoms with Gasteiger partial charge in [-0.1, -0.05) is 25.1 Å². The minimum Gasteiger partial charge on any atom is -0.316 e. The Morgan fingerprint density at radius 2 is 1.82 bits per heavy atom. The Kier molecular flexibility index (Phi) is 7.38. The SMILES string of the molecule is CCNCCNS(=O)(=O)c1ccccc1C.Cl. The smallest absolute Gasteiger partial charge is 0.240 e. The molecule has 1 rings (SSSR count). The molecule has 0 aromatic heterocycles. The van der Waals surface area contributed by atoms with Crippen LogP contribution in [-0.4, -0.2) is 28.1 Å². The first kappa shape index (κ1) is 16.4. The zero-order chi connectivity index (χ0) is 12.0. The number of nitrogens with one attached hydrogen (secondary N) is 2. The molecule has 0 unspecified atom stereocenters. The first-order valence-electron chi connectivity index (χ1n) is 5.34. The van der Waals surface area contributed by atoms with Crippen molar-refractivity contribution >= 4 is 22.4 Å². The summed E-state index contributed by atoms with van der Waals surface area (Å²) >= 11 is 0. The van der Waals surface area contributed by atoms with Crippen LogP contribution in [0.2, 0.25) is 0 Å². The van der Waals surface area contributed by atoms with Gasteiger partial charge < -0.3 is 5.32 Å². The van der Waals surface area contributed by atoms with E-state index in [1.165, 1.54) is 0 Å². The molecule has 4 nitrogen and oxygen atoms in total. The number of hydrogen-bond donors (Lipinski definition) is 2. The molecule has 0 radical (unpaired) electrons. The summed E-state index contributed by atoms with van der Waals surface area (Å²) in [5, 5.41) is 3.06. The van der Waals surface area contributed by atoms with Gasteiger partial charge >= 0.3 is 0 Å². The molecular formula is C11H19ClN2O2S. The van der Waals surface area contributed by atoms with Gasteiger partial charge in [0.05, 0.1) is 4.90 Å². The van der Waals surface area contributed by atoms with Crippen molar-refractivity contribution in [2.75, 3.05) is 19.6 Å². The Labute approximate surface area is 109 Å². The van der Waals surface area contributed by atoms with Gasteiger partial charge in [-0.2, -0.15) is 0 Å². The molecule has 1 aromatic rings. The van der Waals surface area contributed by atoms with Crippen molar-refractivity contribution in [3.8, 4) is 0 Å². The number of hydrogen-bond acceptors (Lipinski definition) is 3.